The summed E-state index contributed by atoms with van der Waals surface area (Å²) in [7, 11) is -5.09. The van der Waals surface area contributed by atoms with Gasteiger partial charge in [0.2, 0.25) is 5.91 Å². The van der Waals surface area contributed by atoms with Gasteiger partial charge in [-0.15, -0.1) is 0 Å². The molecule has 0 spiro atoms. The Balaban J connectivity index is 2.33. The number of amides is 1. The maximum Gasteiger partial charge on any atom is 0.397 e. The quantitative estimate of drug-likeness (QED) is 0.0193. The molecule has 1 aliphatic heterocycles. The number of aliphatic hydroxyl groups is 4. The highest BCUT2D eigenvalue weighted by molar-refractivity contribution is 7.80. The Bertz CT molecular complexity index is 1310. The number of rotatable bonds is 53. The lowest BCUT2D eigenvalue weighted by molar-refractivity contribution is -0.298. The van der Waals surface area contributed by atoms with Gasteiger partial charge in [-0.3, -0.25) is 9.35 Å². The number of hydrogen-bond donors (Lipinski definition) is 6. The molecule has 1 heterocycles. The summed E-state index contributed by atoms with van der Waals surface area (Å²) >= 11 is 0. The number of hydrogen-bond acceptors (Lipinski definition) is 10. The van der Waals surface area contributed by atoms with Crippen LogP contribution in [0.3, 0.4) is 0 Å². The lowest BCUT2D eigenvalue weighted by Crippen LogP contribution is -2.61. The van der Waals surface area contributed by atoms with Gasteiger partial charge in [0.1, 0.15) is 24.4 Å². The smallest absolute Gasteiger partial charge is 0.394 e. The Labute approximate surface area is 436 Å². The van der Waals surface area contributed by atoms with Crippen LogP contribution in [0.4, 0.5) is 0 Å². The molecule has 1 amide bonds. The predicted octanol–water partition coefficient (Wildman–Crippen LogP) is 14.2. The van der Waals surface area contributed by atoms with Gasteiger partial charge in [-0.1, -0.05) is 283 Å². The predicted molar refractivity (Wildman–Crippen MR) is 292 cm³/mol. The van der Waals surface area contributed by atoms with Crippen LogP contribution < -0.4 is 5.32 Å². The normalized spacial score (nSPS) is 19.5. The first-order valence-corrected chi connectivity index (χ1v) is 31.4. The second-order valence-electron chi connectivity index (χ2n) is 21.3. The van der Waals surface area contributed by atoms with E-state index in [9.17, 15) is 38.2 Å². The lowest BCUT2D eigenvalue weighted by atomic mass is 9.99. The van der Waals surface area contributed by atoms with Crippen LogP contribution >= 0.6 is 0 Å². The standard InChI is InChI=1S/C58H113NO11S/c1-3-5-7-9-11-13-15-17-19-21-23-24-25-26-27-28-30-32-34-36-38-40-42-44-46-48-54(62)59-51(50-68-58-56(64)57(70-71(65,66)67)55(63)53(49-60)69-58)52(61)47-45-43-41-39-37-35-33-31-29-22-20-18-16-14-12-10-8-6-4-2/h45,47,51-53,55-58,60-61,63-64H,3-44,46,48-50H2,1-2H3,(H,59,62)(H,65,66,67)/b47-45+. The molecular formula is C58H113NO11S. The lowest BCUT2D eigenvalue weighted by Gasteiger charge is -2.41. The minimum absolute atomic E-state index is 0.255. The molecule has 1 fully saturated rings. The molecule has 1 rings (SSSR count). The van der Waals surface area contributed by atoms with Gasteiger partial charge in [-0.25, -0.2) is 4.18 Å². The van der Waals surface area contributed by atoms with Crippen molar-refractivity contribution in [3.8, 4) is 0 Å². The number of allylic oxidation sites excluding steroid dienone is 1. The summed E-state index contributed by atoms with van der Waals surface area (Å²) in [5.41, 5.74) is 0. The summed E-state index contributed by atoms with van der Waals surface area (Å²) in [6.07, 6.45) is 49.7. The fraction of sp³-hybridized carbons (Fsp3) is 0.948. The number of carbonyl (C=O) groups is 1. The van der Waals surface area contributed by atoms with Crippen molar-refractivity contribution in [2.45, 2.75) is 339 Å². The number of nitrogens with one attached hydrogen (secondary N) is 1. The van der Waals surface area contributed by atoms with Gasteiger partial charge in [0, 0.05) is 6.42 Å². The Morgan fingerprint density at radius 3 is 1.23 bits per heavy atom. The Kier molecular flexibility index (Phi) is 46.3. The van der Waals surface area contributed by atoms with Gasteiger partial charge >= 0.3 is 10.4 Å². The van der Waals surface area contributed by atoms with Crippen LogP contribution in [-0.4, -0.2) is 95.4 Å². The van der Waals surface area contributed by atoms with Crippen LogP contribution in [0, 0.1) is 0 Å². The van der Waals surface area contributed by atoms with E-state index in [2.05, 4.69) is 23.3 Å². The van der Waals surface area contributed by atoms with Gasteiger partial charge in [0.15, 0.2) is 6.29 Å². The molecule has 1 saturated heterocycles. The van der Waals surface area contributed by atoms with Gasteiger partial charge in [0.25, 0.3) is 0 Å². The van der Waals surface area contributed by atoms with Crippen LogP contribution in [0.25, 0.3) is 0 Å². The van der Waals surface area contributed by atoms with Crippen LogP contribution in [0.2, 0.25) is 0 Å². The van der Waals surface area contributed by atoms with E-state index in [-0.39, 0.29) is 18.9 Å². The summed E-state index contributed by atoms with van der Waals surface area (Å²) in [5, 5.41) is 45.0. The Hall–Kier alpha value is -1.16. The van der Waals surface area contributed by atoms with Gasteiger partial charge in [-0.05, 0) is 19.3 Å². The topological polar surface area (TPSA) is 192 Å². The number of ether oxygens (including phenoxy) is 2. The maximum atomic E-state index is 13.1. The van der Waals surface area contributed by atoms with Crippen molar-refractivity contribution in [2.24, 2.45) is 0 Å². The van der Waals surface area contributed by atoms with Crippen molar-refractivity contribution in [2.75, 3.05) is 13.2 Å². The average molecular weight is 1030 g/mol. The summed E-state index contributed by atoms with van der Waals surface area (Å²) in [4.78, 5) is 13.1. The van der Waals surface area contributed by atoms with Gasteiger partial charge < -0.3 is 35.2 Å². The molecule has 0 aliphatic carbocycles. The van der Waals surface area contributed by atoms with Crippen molar-refractivity contribution < 1.29 is 51.8 Å². The largest absolute Gasteiger partial charge is 0.397 e. The molecule has 6 N–H and O–H groups in total. The molecule has 7 atom stereocenters. The van der Waals surface area contributed by atoms with E-state index in [4.69, 9.17) is 9.47 Å². The van der Waals surface area contributed by atoms with E-state index in [0.717, 1.165) is 38.5 Å². The SMILES string of the molecule is CCCCCCCCCCCCCCCCCCC/C=C/C(O)C(COC1OC(CO)C(O)C(OS(=O)(=O)O)C1O)NC(=O)CCCCCCCCCCCCCCCCCCCCCCCCCCC. The monoisotopic (exact) mass is 1030 g/mol. The highest BCUT2D eigenvalue weighted by Gasteiger charge is 2.48. The molecule has 0 radical (unpaired) electrons. The summed E-state index contributed by atoms with van der Waals surface area (Å²) < 4.78 is 47.9. The zero-order valence-corrected chi connectivity index (χ0v) is 46.6. The van der Waals surface area contributed by atoms with Crippen LogP contribution in [0.15, 0.2) is 12.2 Å². The van der Waals surface area contributed by atoms with Crippen molar-refractivity contribution in [3.63, 3.8) is 0 Å². The highest BCUT2D eigenvalue weighted by Crippen LogP contribution is 2.26. The summed E-state index contributed by atoms with van der Waals surface area (Å²) in [6.45, 7) is 3.45. The first-order chi connectivity index (χ1) is 34.5. The number of unbranched alkanes of at least 4 members (excludes halogenated alkanes) is 41. The van der Waals surface area contributed by atoms with E-state index in [0.29, 0.717) is 6.42 Å². The first-order valence-electron chi connectivity index (χ1n) is 30.1. The second kappa shape index (κ2) is 48.5. The fourth-order valence-corrected chi connectivity index (χ4v) is 10.4. The Morgan fingerprint density at radius 1 is 0.549 bits per heavy atom. The molecule has 71 heavy (non-hydrogen) atoms. The third-order valence-corrected chi connectivity index (χ3v) is 15.0. The van der Waals surface area contributed by atoms with Crippen molar-refractivity contribution in [3.05, 3.63) is 12.2 Å². The molecule has 422 valence electrons. The number of carbonyl (C=O) groups excluding carboxylic acids is 1. The van der Waals surface area contributed by atoms with Gasteiger partial charge in [-0.2, -0.15) is 8.42 Å². The van der Waals surface area contributed by atoms with Crippen molar-refractivity contribution in [1.29, 1.82) is 0 Å². The van der Waals surface area contributed by atoms with E-state index >= 15 is 0 Å². The summed E-state index contributed by atoms with van der Waals surface area (Å²) in [5.74, 6) is -0.255. The molecule has 0 bridgehead atoms. The van der Waals surface area contributed by atoms with Gasteiger partial charge in [0.05, 0.1) is 25.4 Å². The zero-order valence-electron chi connectivity index (χ0n) is 45.8. The maximum absolute atomic E-state index is 13.1. The average Bonchev–Trinajstić information content (AvgIpc) is 3.34. The van der Waals surface area contributed by atoms with Crippen LogP contribution in [0.5, 0.6) is 0 Å². The van der Waals surface area contributed by atoms with E-state index in [1.807, 2.05) is 6.08 Å². The minimum Gasteiger partial charge on any atom is -0.394 e. The molecule has 7 unspecified atom stereocenters. The van der Waals surface area contributed by atoms with Crippen LogP contribution in [-0.2, 0) is 28.9 Å². The zero-order chi connectivity index (χ0) is 51.9. The van der Waals surface area contributed by atoms with E-state index in [1.165, 1.54) is 231 Å². The molecule has 13 heteroatoms. The van der Waals surface area contributed by atoms with E-state index < -0.39 is 59.9 Å². The Morgan fingerprint density at radius 2 is 0.887 bits per heavy atom. The molecule has 1 aliphatic rings. The van der Waals surface area contributed by atoms with Crippen LogP contribution in [0.1, 0.15) is 296 Å². The molecule has 12 nitrogen and oxygen atoms in total. The number of aliphatic hydroxyl groups excluding tert-OH is 4. The third kappa shape index (κ3) is 40.8. The second-order valence-corrected chi connectivity index (χ2v) is 22.4. The molecular weight excluding hydrogens is 919 g/mol. The third-order valence-electron chi connectivity index (χ3n) is 14.6. The minimum atomic E-state index is -5.09. The van der Waals surface area contributed by atoms with Crippen molar-refractivity contribution >= 4 is 16.3 Å². The molecule has 0 saturated carbocycles. The van der Waals surface area contributed by atoms with Crippen molar-refractivity contribution in [1.82, 2.24) is 5.32 Å². The molecule has 0 aromatic heterocycles. The first kappa shape index (κ1) is 67.9. The fourth-order valence-electron chi connectivity index (χ4n) is 9.93. The molecule has 0 aromatic rings. The summed E-state index contributed by atoms with van der Waals surface area (Å²) in [6, 6.07) is -0.940. The molecule has 0 aromatic carbocycles. The van der Waals surface area contributed by atoms with E-state index in [1.54, 1.807) is 6.08 Å². The highest BCUT2D eigenvalue weighted by atomic mass is 32.3.